The van der Waals surface area contributed by atoms with Gasteiger partial charge in [0.15, 0.2) is 10.8 Å². The van der Waals surface area contributed by atoms with E-state index in [9.17, 15) is 23.9 Å². The molecule has 1 aliphatic carbocycles. The lowest BCUT2D eigenvalue weighted by atomic mass is 9.79. The Morgan fingerprint density at radius 1 is 1.22 bits per heavy atom. The van der Waals surface area contributed by atoms with Crippen LogP contribution < -0.4 is 5.32 Å². The number of benzene rings is 1. The number of amidine groups is 1. The van der Waals surface area contributed by atoms with Crippen LogP contribution in [0.4, 0.5) is 9.18 Å². The average Bonchev–Trinajstić information content (AvgIpc) is 3.56. The molecule has 2 saturated heterocycles. The highest BCUT2D eigenvalue weighted by Crippen LogP contribution is 2.38. The summed E-state index contributed by atoms with van der Waals surface area (Å²) in [4.78, 5) is 52.5. The number of aliphatic carboxylic acids is 1. The van der Waals surface area contributed by atoms with Crippen LogP contribution in [0, 0.1) is 11.7 Å². The number of hydrogen-bond acceptors (Lipinski definition) is 9. The number of fused-ring (bicyclic) bond motifs is 1. The summed E-state index contributed by atoms with van der Waals surface area (Å²) in [5.74, 6) is -1.82. The summed E-state index contributed by atoms with van der Waals surface area (Å²) in [5, 5.41) is 15.1. The number of nitrogens with one attached hydrogen (secondary N) is 1. The Balaban J connectivity index is 1.26. The minimum absolute atomic E-state index is 0.0436. The van der Waals surface area contributed by atoms with Crippen LogP contribution in [0.3, 0.4) is 0 Å². The molecular formula is C27H28ClFN6O5S. The molecule has 2 N–H and O–H groups in total. The van der Waals surface area contributed by atoms with E-state index in [1.165, 1.54) is 36.6 Å². The highest BCUT2D eigenvalue weighted by Gasteiger charge is 2.48. The first-order chi connectivity index (χ1) is 19.7. The molecule has 14 heteroatoms. The monoisotopic (exact) mass is 602 g/mol. The van der Waals surface area contributed by atoms with E-state index in [4.69, 9.17) is 21.3 Å². The Hall–Kier alpha value is -3.55. The molecule has 11 nitrogen and oxygen atoms in total. The van der Waals surface area contributed by atoms with Crippen molar-refractivity contribution in [3.63, 3.8) is 0 Å². The van der Waals surface area contributed by atoms with Gasteiger partial charge in [-0.3, -0.25) is 14.7 Å². The fourth-order valence-electron chi connectivity index (χ4n) is 5.98. The number of ether oxygens (including phenoxy) is 1. The number of carbonyl (C=O) groups excluding carboxylic acids is 2. The Bertz CT molecular complexity index is 1450. The standard InChI is InChI=1S/C27H28ClFN6O5S/c1-40-26(38)21-20(31-23(24-30-4-7-41-24)32-22(21)18-3-2-15(29)10-19(18)28)13-33-5-6-34-17(11-33)12-35(27(34)39)16-8-14(9-16)25(36)37/h2-4,7,10,14,16-17,22H,5-6,8-9,11-13H2,1H3,(H,31,32)(H,36,37)/t14-,16+,17-,22-/m0/s1. The van der Waals surface area contributed by atoms with E-state index in [0.29, 0.717) is 67.7 Å². The summed E-state index contributed by atoms with van der Waals surface area (Å²) in [5.41, 5.74) is 1.30. The summed E-state index contributed by atoms with van der Waals surface area (Å²) in [6.45, 7) is 2.53. The Kier molecular flexibility index (Phi) is 7.43. The van der Waals surface area contributed by atoms with Crippen molar-refractivity contribution in [1.29, 1.82) is 0 Å². The fourth-order valence-corrected chi connectivity index (χ4v) is 6.84. The normalized spacial score (nSPS) is 26.3. The van der Waals surface area contributed by atoms with Gasteiger partial charge in [0.2, 0.25) is 0 Å². The Morgan fingerprint density at radius 3 is 2.71 bits per heavy atom. The quantitative estimate of drug-likeness (QED) is 0.463. The van der Waals surface area contributed by atoms with Crippen LogP contribution in [-0.2, 0) is 14.3 Å². The molecule has 0 bridgehead atoms. The van der Waals surface area contributed by atoms with Crippen LogP contribution in [0.2, 0.25) is 5.02 Å². The zero-order valence-electron chi connectivity index (χ0n) is 22.1. The summed E-state index contributed by atoms with van der Waals surface area (Å²) in [6, 6.07) is 2.99. The van der Waals surface area contributed by atoms with Gasteiger partial charge in [-0.05, 0) is 25.0 Å². The third-order valence-corrected chi connectivity index (χ3v) is 9.28. The number of aliphatic imine (C=N–C) groups is 1. The summed E-state index contributed by atoms with van der Waals surface area (Å²) >= 11 is 7.83. The number of piperazine rings is 1. The van der Waals surface area contributed by atoms with Gasteiger partial charge in [0.25, 0.3) is 0 Å². The molecule has 216 valence electrons. The minimum Gasteiger partial charge on any atom is -0.481 e. The summed E-state index contributed by atoms with van der Waals surface area (Å²) in [7, 11) is 1.29. The van der Waals surface area contributed by atoms with Crippen molar-refractivity contribution in [3.05, 3.63) is 62.5 Å². The number of carbonyl (C=O) groups is 3. The van der Waals surface area contributed by atoms with Crippen LogP contribution in [0.15, 0.2) is 46.0 Å². The summed E-state index contributed by atoms with van der Waals surface area (Å²) in [6.07, 6.45) is 2.62. The van der Waals surface area contributed by atoms with Crippen LogP contribution >= 0.6 is 22.9 Å². The molecule has 2 amide bonds. The minimum atomic E-state index is -0.851. The lowest BCUT2D eigenvalue weighted by molar-refractivity contribution is -0.146. The predicted octanol–water partition coefficient (Wildman–Crippen LogP) is 2.74. The fraction of sp³-hybridized carbons (Fsp3) is 0.444. The van der Waals surface area contributed by atoms with Crippen molar-refractivity contribution in [2.45, 2.75) is 31.0 Å². The number of esters is 1. The first-order valence-corrected chi connectivity index (χ1v) is 14.5. The lowest BCUT2D eigenvalue weighted by Gasteiger charge is -2.38. The van der Waals surface area contributed by atoms with E-state index in [-0.39, 0.29) is 34.6 Å². The molecule has 2 aromatic rings. The highest BCUT2D eigenvalue weighted by atomic mass is 35.5. The van der Waals surface area contributed by atoms with Crippen molar-refractivity contribution in [2.24, 2.45) is 10.9 Å². The van der Waals surface area contributed by atoms with E-state index in [1.807, 2.05) is 15.2 Å². The number of methoxy groups -OCH3 is 1. The van der Waals surface area contributed by atoms with Gasteiger partial charge >= 0.3 is 18.0 Å². The first-order valence-electron chi connectivity index (χ1n) is 13.3. The van der Waals surface area contributed by atoms with Gasteiger partial charge in [0.05, 0.1) is 24.6 Å². The molecule has 6 rings (SSSR count). The molecule has 0 unspecified atom stereocenters. The predicted molar refractivity (Wildman–Crippen MR) is 148 cm³/mol. The third-order valence-electron chi connectivity index (χ3n) is 8.17. The van der Waals surface area contributed by atoms with Crippen molar-refractivity contribution in [2.75, 3.05) is 39.8 Å². The van der Waals surface area contributed by atoms with Gasteiger partial charge in [0.1, 0.15) is 11.9 Å². The number of aromatic nitrogens is 1. The maximum absolute atomic E-state index is 13.9. The second-order valence-electron chi connectivity index (χ2n) is 10.6. The van der Waals surface area contributed by atoms with Gasteiger partial charge in [0, 0.05) is 66.6 Å². The van der Waals surface area contributed by atoms with E-state index < -0.39 is 23.8 Å². The van der Waals surface area contributed by atoms with Crippen LogP contribution in [0.1, 0.15) is 29.5 Å². The maximum Gasteiger partial charge on any atom is 0.338 e. The number of hydrogen-bond donors (Lipinski definition) is 2. The Morgan fingerprint density at radius 2 is 2.02 bits per heavy atom. The number of carboxylic acids is 1. The van der Waals surface area contributed by atoms with Gasteiger partial charge < -0.3 is 25.0 Å². The van der Waals surface area contributed by atoms with E-state index in [2.05, 4.69) is 15.2 Å². The number of carboxylic acid groups (broad SMARTS) is 1. The summed E-state index contributed by atoms with van der Waals surface area (Å²) < 4.78 is 19.1. The van der Waals surface area contributed by atoms with Crippen LogP contribution in [-0.4, -0.2) is 101 Å². The number of halogens is 2. The molecule has 3 aliphatic heterocycles. The van der Waals surface area contributed by atoms with Gasteiger partial charge in [-0.1, -0.05) is 17.7 Å². The molecule has 3 fully saturated rings. The van der Waals surface area contributed by atoms with Crippen LogP contribution in [0.25, 0.3) is 0 Å². The molecule has 0 spiro atoms. The molecule has 41 heavy (non-hydrogen) atoms. The number of urea groups is 1. The lowest BCUT2D eigenvalue weighted by Crippen LogP contribution is -2.53. The average molecular weight is 603 g/mol. The van der Waals surface area contributed by atoms with Crippen LogP contribution in [0.5, 0.6) is 0 Å². The molecule has 1 aromatic heterocycles. The zero-order valence-corrected chi connectivity index (χ0v) is 23.7. The molecule has 1 aromatic carbocycles. The number of amides is 2. The Labute approximate surface area is 244 Å². The molecule has 2 atom stereocenters. The van der Waals surface area contributed by atoms with E-state index >= 15 is 0 Å². The van der Waals surface area contributed by atoms with Gasteiger partial charge in [-0.15, -0.1) is 11.3 Å². The smallest absolute Gasteiger partial charge is 0.338 e. The molecule has 4 aliphatic rings. The second kappa shape index (κ2) is 11.0. The molecular weight excluding hydrogens is 575 g/mol. The first kappa shape index (κ1) is 27.6. The number of nitrogens with zero attached hydrogens (tertiary/aromatic N) is 5. The maximum atomic E-state index is 13.9. The molecule has 4 heterocycles. The van der Waals surface area contributed by atoms with Gasteiger partial charge in [-0.25, -0.2) is 19.0 Å². The van der Waals surface area contributed by atoms with Crippen molar-refractivity contribution in [1.82, 2.24) is 25.0 Å². The zero-order chi connectivity index (χ0) is 28.8. The third kappa shape index (κ3) is 5.17. The van der Waals surface area contributed by atoms with Crippen molar-refractivity contribution < 1.29 is 28.6 Å². The van der Waals surface area contributed by atoms with Gasteiger partial charge in [-0.2, -0.15) is 0 Å². The van der Waals surface area contributed by atoms with Crippen molar-refractivity contribution >= 4 is 46.7 Å². The second-order valence-corrected chi connectivity index (χ2v) is 11.9. The molecule has 1 saturated carbocycles. The van der Waals surface area contributed by atoms with Crippen molar-refractivity contribution in [3.8, 4) is 0 Å². The topological polar surface area (TPSA) is 128 Å². The molecule has 0 radical (unpaired) electrons. The van der Waals surface area contributed by atoms with E-state index in [0.717, 1.165) is 0 Å². The van der Waals surface area contributed by atoms with E-state index in [1.54, 1.807) is 6.20 Å². The SMILES string of the molecule is COC(=O)C1=C(CN2CCN3C(=O)N([C@H]4C[C@@H](C(=O)O)C4)C[C@@H]3C2)NC(c2nccs2)=N[C@H]1c1ccc(F)cc1Cl. The largest absolute Gasteiger partial charge is 0.481 e. The highest BCUT2D eigenvalue weighted by molar-refractivity contribution is 7.11. The number of thiazole rings is 1. The number of rotatable bonds is 7.